The summed E-state index contributed by atoms with van der Waals surface area (Å²) in [4.78, 5) is 19.9. The van der Waals surface area contributed by atoms with Crippen LogP contribution >= 0.6 is 0 Å². The van der Waals surface area contributed by atoms with Crippen molar-refractivity contribution in [2.75, 3.05) is 5.73 Å². The van der Waals surface area contributed by atoms with Crippen LogP contribution in [0.25, 0.3) is 6.08 Å². The first-order valence-corrected chi connectivity index (χ1v) is 5.78. The molecule has 0 atom stereocenters. The summed E-state index contributed by atoms with van der Waals surface area (Å²) in [5.74, 6) is 0.236. The Morgan fingerprint density at radius 1 is 1.26 bits per heavy atom. The van der Waals surface area contributed by atoms with Crippen molar-refractivity contribution in [3.63, 3.8) is 0 Å². The van der Waals surface area contributed by atoms with Gasteiger partial charge in [0.1, 0.15) is 5.75 Å². The first-order valence-electron chi connectivity index (χ1n) is 5.78. The Kier molecular flexibility index (Phi) is 2.52. The summed E-state index contributed by atoms with van der Waals surface area (Å²) < 4.78 is 0. The predicted octanol–water partition coefficient (Wildman–Crippen LogP) is 1.59. The fourth-order valence-corrected chi connectivity index (χ4v) is 2.13. The highest BCUT2D eigenvalue weighted by molar-refractivity contribution is 6.15. The van der Waals surface area contributed by atoms with E-state index in [1.807, 2.05) is 0 Å². The van der Waals surface area contributed by atoms with E-state index < -0.39 is 0 Å². The molecule has 3 rings (SSSR count). The van der Waals surface area contributed by atoms with Crippen LogP contribution in [-0.2, 0) is 6.42 Å². The van der Waals surface area contributed by atoms with E-state index in [-0.39, 0.29) is 17.5 Å². The molecule has 3 N–H and O–H groups in total. The van der Waals surface area contributed by atoms with Gasteiger partial charge in [0.05, 0.1) is 0 Å². The highest BCUT2D eigenvalue weighted by atomic mass is 16.3. The minimum atomic E-state index is -0.0669. The number of carbonyl (C=O) groups is 1. The molecule has 94 valence electrons. The first kappa shape index (κ1) is 11.4. The third-order valence-corrected chi connectivity index (χ3v) is 3.04. The van der Waals surface area contributed by atoms with E-state index in [1.165, 1.54) is 6.07 Å². The monoisotopic (exact) mass is 253 g/mol. The molecular formula is C14H11N3O2. The molecule has 0 radical (unpaired) electrons. The van der Waals surface area contributed by atoms with Crippen LogP contribution in [-0.4, -0.2) is 20.9 Å². The number of nitrogen functional groups attached to an aromatic ring is 1. The first-order chi connectivity index (χ1) is 9.13. The van der Waals surface area contributed by atoms with Crippen molar-refractivity contribution < 1.29 is 9.90 Å². The minimum Gasteiger partial charge on any atom is -0.508 e. The number of fused-ring (bicyclic) bond motifs is 1. The number of allylic oxidation sites excluding steroid dienone is 1. The Balaban J connectivity index is 1.97. The number of nitrogens with zero attached hydrogens (tertiary/aromatic N) is 2. The summed E-state index contributed by atoms with van der Waals surface area (Å²) in [6.07, 6.45) is 5.45. The molecule has 1 heterocycles. The van der Waals surface area contributed by atoms with Crippen LogP contribution in [0.15, 0.2) is 36.2 Å². The zero-order chi connectivity index (χ0) is 13.4. The Bertz CT molecular complexity index is 690. The molecule has 0 aliphatic heterocycles. The van der Waals surface area contributed by atoms with Crippen LogP contribution < -0.4 is 5.73 Å². The van der Waals surface area contributed by atoms with Crippen LogP contribution in [0.1, 0.15) is 21.5 Å². The van der Waals surface area contributed by atoms with Gasteiger partial charge in [-0.3, -0.25) is 4.79 Å². The molecule has 0 saturated carbocycles. The standard InChI is InChI=1S/C14H11N3O2/c15-14-16-6-8(7-17-14)3-10-4-9-1-2-11(18)5-12(9)13(10)19/h1-3,5-7,18H,4H2,(H2,15,16,17)/b10-3+. The third-order valence-electron chi connectivity index (χ3n) is 3.04. The maximum absolute atomic E-state index is 12.2. The number of hydrogen-bond acceptors (Lipinski definition) is 5. The summed E-state index contributed by atoms with van der Waals surface area (Å²) in [6.45, 7) is 0. The SMILES string of the molecule is Nc1ncc(/C=C2\Cc3ccc(O)cc3C2=O)cn1. The third kappa shape index (κ3) is 2.06. The molecule has 0 unspecified atom stereocenters. The average molecular weight is 253 g/mol. The number of benzene rings is 1. The second kappa shape index (κ2) is 4.20. The lowest BCUT2D eigenvalue weighted by Crippen LogP contribution is -1.97. The number of aromatic hydroxyl groups is 1. The number of rotatable bonds is 1. The van der Waals surface area contributed by atoms with E-state index in [9.17, 15) is 9.90 Å². The summed E-state index contributed by atoms with van der Waals surface area (Å²) >= 11 is 0. The van der Waals surface area contributed by atoms with E-state index in [4.69, 9.17) is 5.73 Å². The lowest BCUT2D eigenvalue weighted by molar-refractivity contribution is 0.104. The molecule has 1 aliphatic rings. The van der Waals surface area contributed by atoms with Gasteiger partial charge in [-0.15, -0.1) is 0 Å². The lowest BCUT2D eigenvalue weighted by Gasteiger charge is -1.96. The normalized spacial score (nSPS) is 15.8. The van der Waals surface area contributed by atoms with Crippen molar-refractivity contribution >= 4 is 17.8 Å². The minimum absolute atomic E-state index is 0.0669. The number of phenols is 1. The molecule has 0 amide bonds. The molecular weight excluding hydrogens is 242 g/mol. The van der Waals surface area contributed by atoms with Gasteiger partial charge in [0, 0.05) is 35.5 Å². The van der Waals surface area contributed by atoms with E-state index in [1.54, 1.807) is 30.6 Å². The van der Waals surface area contributed by atoms with Crippen LogP contribution in [0.3, 0.4) is 0 Å². The van der Waals surface area contributed by atoms with Gasteiger partial charge in [-0.1, -0.05) is 6.07 Å². The summed E-state index contributed by atoms with van der Waals surface area (Å²) in [6, 6.07) is 4.85. The maximum Gasteiger partial charge on any atom is 0.219 e. The highest BCUT2D eigenvalue weighted by Gasteiger charge is 2.24. The molecule has 1 aromatic carbocycles. The Morgan fingerprint density at radius 3 is 2.74 bits per heavy atom. The molecule has 19 heavy (non-hydrogen) atoms. The second-order valence-electron chi connectivity index (χ2n) is 4.39. The second-order valence-corrected chi connectivity index (χ2v) is 4.39. The number of ketones is 1. The molecule has 0 saturated heterocycles. The Hall–Kier alpha value is -2.69. The van der Waals surface area contributed by atoms with Crippen molar-refractivity contribution in [2.45, 2.75) is 6.42 Å². The average Bonchev–Trinajstić information content (AvgIpc) is 2.70. The smallest absolute Gasteiger partial charge is 0.219 e. The largest absolute Gasteiger partial charge is 0.508 e. The molecule has 2 aromatic rings. The fraction of sp³-hybridized carbons (Fsp3) is 0.0714. The number of carbonyl (C=O) groups excluding carboxylic acids is 1. The number of Topliss-reactive ketones (excluding diaryl/α,β-unsaturated/α-hetero) is 1. The van der Waals surface area contributed by atoms with Gasteiger partial charge in [0.15, 0.2) is 5.78 Å². The van der Waals surface area contributed by atoms with Gasteiger partial charge in [0.2, 0.25) is 5.95 Å². The lowest BCUT2D eigenvalue weighted by atomic mass is 10.1. The van der Waals surface area contributed by atoms with Crippen molar-refractivity contribution in [3.05, 3.63) is 52.9 Å². The molecule has 5 nitrogen and oxygen atoms in total. The molecule has 0 fully saturated rings. The van der Waals surface area contributed by atoms with Crippen LogP contribution in [0.5, 0.6) is 5.75 Å². The maximum atomic E-state index is 12.2. The summed E-state index contributed by atoms with van der Waals surface area (Å²) in [5, 5.41) is 9.42. The zero-order valence-corrected chi connectivity index (χ0v) is 10.00. The van der Waals surface area contributed by atoms with E-state index in [0.29, 0.717) is 17.6 Å². The van der Waals surface area contributed by atoms with Gasteiger partial charge in [0.25, 0.3) is 0 Å². The number of phenolic OH excluding ortho intramolecular Hbond substituents is 1. The quantitative estimate of drug-likeness (QED) is 0.753. The fourth-order valence-electron chi connectivity index (χ4n) is 2.13. The van der Waals surface area contributed by atoms with Crippen LogP contribution in [0.4, 0.5) is 5.95 Å². The van der Waals surface area contributed by atoms with E-state index >= 15 is 0 Å². The van der Waals surface area contributed by atoms with Crippen molar-refractivity contribution in [1.82, 2.24) is 9.97 Å². The topological polar surface area (TPSA) is 89.1 Å². The molecule has 1 aromatic heterocycles. The number of aromatic nitrogens is 2. The predicted molar refractivity (Wildman–Crippen MR) is 70.6 cm³/mol. The Morgan fingerprint density at radius 2 is 2.00 bits per heavy atom. The van der Waals surface area contributed by atoms with Gasteiger partial charge < -0.3 is 10.8 Å². The summed E-state index contributed by atoms with van der Waals surface area (Å²) in [7, 11) is 0. The van der Waals surface area contributed by atoms with Gasteiger partial charge in [-0.2, -0.15) is 0 Å². The van der Waals surface area contributed by atoms with Crippen LogP contribution in [0.2, 0.25) is 0 Å². The van der Waals surface area contributed by atoms with Crippen molar-refractivity contribution in [2.24, 2.45) is 0 Å². The molecule has 0 spiro atoms. The zero-order valence-electron chi connectivity index (χ0n) is 10.00. The highest BCUT2D eigenvalue weighted by Crippen LogP contribution is 2.30. The molecule has 0 bridgehead atoms. The Labute approximate surface area is 109 Å². The van der Waals surface area contributed by atoms with Gasteiger partial charge >= 0.3 is 0 Å². The van der Waals surface area contributed by atoms with E-state index in [0.717, 1.165) is 11.1 Å². The molecule has 5 heteroatoms. The van der Waals surface area contributed by atoms with E-state index in [2.05, 4.69) is 9.97 Å². The van der Waals surface area contributed by atoms with Crippen LogP contribution in [0, 0.1) is 0 Å². The van der Waals surface area contributed by atoms with Gasteiger partial charge in [-0.05, 0) is 23.8 Å². The number of anilines is 1. The molecule has 1 aliphatic carbocycles. The summed E-state index contributed by atoms with van der Waals surface area (Å²) in [5.41, 5.74) is 8.28. The van der Waals surface area contributed by atoms with Gasteiger partial charge in [-0.25, -0.2) is 9.97 Å². The van der Waals surface area contributed by atoms with Crippen molar-refractivity contribution in [1.29, 1.82) is 0 Å². The van der Waals surface area contributed by atoms with Crippen molar-refractivity contribution in [3.8, 4) is 5.75 Å². The number of hydrogen-bond donors (Lipinski definition) is 2. The number of nitrogens with two attached hydrogens (primary N) is 1.